The Morgan fingerprint density at radius 3 is 2.39 bits per heavy atom. The first kappa shape index (κ1) is 19.7. The lowest BCUT2D eigenvalue weighted by Crippen LogP contribution is -2.52. The number of carbonyl (C=O) groups excluding carboxylic acids is 1. The van der Waals surface area contributed by atoms with Crippen molar-refractivity contribution in [3.8, 4) is 5.75 Å². The van der Waals surface area contributed by atoms with Gasteiger partial charge in [0, 0.05) is 46.0 Å². The van der Waals surface area contributed by atoms with Gasteiger partial charge < -0.3 is 14.5 Å². The number of aromatic nitrogens is 2. The van der Waals surface area contributed by atoms with Crippen molar-refractivity contribution in [1.29, 1.82) is 0 Å². The van der Waals surface area contributed by atoms with Crippen LogP contribution in [0.5, 0.6) is 5.75 Å². The molecule has 1 fully saturated rings. The molecule has 0 unspecified atom stereocenters. The Morgan fingerprint density at radius 1 is 1.07 bits per heavy atom. The normalized spacial score (nSPS) is 14.3. The highest BCUT2D eigenvalue weighted by molar-refractivity contribution is 5.79. The smallest absolute Gasteiger partial charge is 0.330 e. The van der Waals surface area contributed by atoms with Crippen LogP contribution in [0.1, 0.15) is 11.3 Å². The molecule has 28 heavy (non-hydrogen) atoms. The van der Waals surface area contributed by atoms with Gasteiger partial charge in [0.25, 0.3) is 5.56 Å². The van der Waals surface area contributed by atoms with E-state index in [4.69, 9.17) is 4.74 Å². The number of carbonyl (C=O) groups is 1. The van der Waals surface area contributed by atoms with E-state index in [9.17, 15) is 14.4 Å². The number of anilines is 1. The van der Waals surface area contributed by atoms with Gasteiger partial charge in [-0.2, -0.15) is 0 Å². The van der Waals surface area contributed by atoms with E-state index in [1.807, 2.05) is 34.1 Å². The van der Waals surface area contributed by atoms with Crippen molar-refractivity contribution < 1.29 is 9.53 Å². The summed E-state index contributed by atoms with van der Waals surface area (Å²) < 4.78 is 7.82. The summed E-state index contributed by atoms with van der Waals surface area (Å²) in [4.78, 5) is 41.1. The van der Waals surface area contributed by atoms with Gasteiger partial charge >= 0.3 is 5.69 Å². The van der Waals surface area contributed by atoms with Gasteiger partial charge in [0.05, 0.1) is 13.5 Å². The van der Waals surface area contributed by atoms with Crippen molar-refractivity contribution in [1.82, 2.24) is 14.0 Å². The van der Waals surface area contributed by atoms with Crippen LogP contribution in [0.3, 0.4) is 0 Å². The number of hydrogen-bond acceptors (Lipinski definition) is 5. The molecule has 0 radical (unpaired) electrons. The number of benzene rings is 1. The van der Waals surface area contributed by atoms with Crippen LogP contribution in [-0.2, 0) is 25.3 Å². The molecule has 0 N–H and O–H groups in total. The van der Waals surface area contributed by atoms with E-state index < -0.39 is 0 Å². The molecule has 3 rings (SSSR count). The maximum Gasteiger partial charge on any atom is 0.330 e. The number of nitrogens with zero attached hydrogens (tertiary/aromatic N) is 4. The zero-order valence-electron chi connectivity index (χ0n) is 16.8. The molecule has 2 heterocycles. The maximum absolute atomic E-state index is 12.7. The molecule has 0 bridgehead atoms. The highest BCUT2D eigenvalue weighted by Gasteiger charge is 2.25. The minimum atomic E-state index is -0.335. The number of rotatable bonds is 4. The molecule has 150 valence electrons. The third kappa shape index (κ3) is 3.67. The standard InChI is InChI=1S/C20H26N4O4/c1-14-18(19(26)22(3)20(27)21(14)2)24-10-8-23(9-11-24)17(25)13-15-6-5-7-16(12-15)28-4/h5-7,12H,8-11,13H2,1-4H3. The molecule has 1 amide bonds. The predicted molar refractivity (Wildman–Crippen MR) is 107 cm³/mol. The van der Waals surface area contributed by atoms with Gasteiger partial charge in [0.1, 0.15) is 11.4 Å². The van der Waals surface area contributed by atoms with E-state index in [2.05, 4.69) is 0 Å². The van der Waals surface area contributed by atoms with E-state index in [1.54, 1.807) is 21.1 Å². The van der Waals surface area contributed by atoms with Gasteiger partial charge in [-0.05, 0) is 24.6 Å². The van der Waals surface area contributed by atoms with Crippen LogP contribution in [0.4, 0.5) is 5.69 Å². The van der Waals surface area contributed by atoms with Gasteiger partial charge in [-0.15, -0.1) is 0 Å². The highest BCUT2D eigenvalue weighted by Crippen LogP contribution is 2.17. The molecular formula is C20H26N4O4. The lowest BCUT2D eigenvalue weighted by molar-refractivity contribution is -0.130. The SMILES string of the molecule is COc1cccc(CC(=O)N2CCN(c3c(C)n(C)c(=O)n(C)c3=O)CC2)c1. The molecule has 2 aromatic rings. The number of hydrogen-bond donors (Lipinski definition) is 0. The van der Waals surface area contributed by atoms with Crippen molar-refractivity contribution in [3.05, 3.63) is 56.4 Å². The summed E-state index contributed by atoms with van der Waals surface area (Å²) in [6.45, 7) is 3.96. The second kappa shape index (κ2) is 7.92. The first-order valence-electron chi connectivity index (χ1n) is 9.25. The molecule has 1 aromatic heterocycles. The van der Waals surface area contributed by atoms with Crippen molar-refractivity contribution >= 4 is 11.6 Å². The van der Waals surface area contributed by atoms with Crippen LogP contribution in [0, 0.1) is 6.92 Å². The highest BCUT2D eigenvalue weighted by atomic mass is 16.5. The summed E-state index contributed by atoms with van der Waals surface area (Å²) in [6, 6.07) is 7.50. The van der Waals surface area contributed by atoms with Crippen LogP contribution < -0.4 is 20.9 Å². The third-order valence-corrected chi connectivity index (χ3v) is 5.36. The van der Waals surface area contributed by atoms with E-state index in [0.717, 1.165) is 15.9 Å². The average Bonchev–Trinajstić information content (AvgIpc) is 2.71. The molecule has 1 aliphatic rings. The largest absolute Gasteiger partial charge is 0.497 e. The van der Waals surface area contributed by atoms with Crippen LogP contribution in [-0.4, -0.2) is 53.2 Å². The molecule has 0 atom stereocenters. The summed E-state index contributed by atoms with van der Waals surface area (Å²) >= 11 is 0. The van der Waals surface area contributed by atoms with Gasteiger partial charge in [0.2, 0.25) is 5.91 Å². The maximum atomic E-state index is 12.7. The number of ether oxygens (including phenoxy) is 1. The molecule has 1 aliphatic heterocycles. The second-order valence-electron chi connectivity index (χ2n) is 7.04. The molecule has 1 aromatic carbocycles. The lowest BCUT2D eigenvalue weighted by atomic mass is 10.1. The first-order chi connectivity index (χ1) is 13.3. The second-order valence-corrected chi connectivity index (χ2v) is 7.04. The van der Waals surface area contributed by atoms with Gasteiger partial charge in [-0.1, -0.05) is 12.1 Å². The Balaban J connectivity index is 1.70. The Kier molecular flexibility index (Phi) is 5.58. The van der Waals surface area contributed by atoms with Gasteiger partial charge in [-0.3, -0.25) is 18.7 Å². The Morgan fingerprint density at radius 2 is 1.75 bits per heavy atom. The van der Waals surface area contributed by atoms with Gasteiger partial charge in [-0.25, -0.2) is 4.79 Å². The van der Waals surface area contributed by atoms with Crippen molar-refractivity contribution in [2.45, 2.75) is 13.3 Å². The molecule has 1 saturated heterocycles. The quantitative estimate of drug-likeness (QED) is 0.755. The van der Waals surface area contributed by atoms with Crippen molar-refractivity contribution in [2.24, 2.45) is 14.1 Å². The first-order valence-corrected chi connectivity index (χ1v) is 9.25. The fourth-order valence-corrected chi connectivity index (χ4v) is 3.54. The minimum Gasteiger partial charge on any atom is -0.497 e. The summed E-state index contributed by atoms with van der Waals surface area (Å²) in [5, 5.41) is 0. The average molecular weight is 386 g/mol. The van der Waals surface area contributed by atoms with E-state index in [-0.39, 0.29) is 17.2 Å². The number of amides is 1. The van der Waals surface area contributed by atoms with E-state index >= 15 is 0 Å². The monoisotopic (exact) mass is 386 g/mol. The summed E-state index contributed by atoms with van der Waals surface area (Å²) in [5.74, 6) is 0.786. The van der Waals surface area contributed by atoms with E-state index in [1.165, 1.54) is 11.6 Å². The van der Waals surface area contributed by atoms with Crippen LogP contribution in [0.15, 0.2) is 33.9 Å². The predicted octanol–water partition coefficient (Wildman–Crippen LogP) is 0.292. The molecular weight excluding hydrogens is 360 g/mol. The van der Waals surface area contributed by atoms with Crippen molar-refractivity contribution in [3.63, 3.8) is 0 Å². The molecule has 0 aliphatic carbocycles. The lowest BCUT2D eigenvalue weighted by Gasteiger charge is -2.36. The Bertz CT molecular complexity index is 1000. The number of piperazine rings is 1. The molecule has 8 nitrogen and oxygen atoms in total. The number of methoxy groups -OCH3 is 1. The zero-order chi connectivity index (χ0) is 20.4. The summed E-state index contributed by atoms with van der Waals surface area (Å²) in [7, 11) is 4.75. The van der Waals surface area contributed by atoms with Crippen molar-refractivity contribution in [2.75, 3.05) is 38.2 Å². The molecule has 0 spiro atoms. The van der Waals surface area contributed by atoms with Crippen LogP contribution >= 0.6 is 0 Å². The van der Waals surface area contributed by atoms with Gasteiger partial charge in [0.15, 0.2) is 0 Å². The zero-order valence-corrected chi connectivity index (χ0v) is 16.8. The fourth-order valence-electron chi connectivity index (χ4n) is 3.54. The molecule has 0 saturated carbocycles. The summed E-state index contributed by atoms with van der Waals surface area (Å²) in [6.07, 6.45) is 0.317. The van der Waals surface area contributed by atoms with Crippen LogP contribution in [0.25, 0.3) is 0 Å². The Hall–Kier alpha value is -3.03. The minimum absolute atomic E-state index is 0.0537. The van der Waals surface area contributed by atoms with E-state index in [0.29, 0.717) is 44.0 Å². The Labute approximate surface area is 163 Å². The molecule has 8 heteroatoms. The fraction of sp³-hybridized carbons (Fsp3) is 0.450. The summed E-state index contributed by atoms with van der Waals surface area (Å²) in [5.41, 5.74) is 1.46. The van der Waals surface area contributed by atoms with Crippen LogP contribution in [0.2, 0.25) is 0 Å². The topological polar surface area (TPSA) is 76.8 Å². The third-order valence-electron chi connectivity index (χ3n) is 5.36.